The van der Waals surface area contributed by atoms with Crippen molar-refractivity contribution in [2.45, 2.75) is 20.8 Å². The van der Waals surface area contributed by atoms with Crippen molar-refractivity contribution in [2.75, 3.05) is 5.32 Å². The Balaban J connectivity index is 1.57. The maximum Gasteiger partial charge on any atom is 0.258 e. The highest BCUT2D eigenvalue weighted by molar-refractivity contribution is 14.1. The lowest BCUT2D eigenvalue weighted by molar-refractivity contribution is 0.0977. The van der Waals surface area contributed by atoms with Crippen LogP contribution in [-0.4, -0.2) is 16.0 Å². The van der Waals surface area contributed by atoms with E-state index >= 15 is 0 Å². The molecule has 0 fully saturated rings. The Morgan fingerprint density at radius 3 is 2.58 bits per heavy atom. The summed E-state index contributed by atoms with van der Waals surface area (Å²) in [6, 6.07) is 17.3. The Kier molecular flexibility index (Phi) is 6.06. The monoisotopic (exact) mass is 541 g/mol. The average molecular weight is 541 g/mol. The van der Waals surface area contributed by atoms with E-state index in [1.165, 1.54) is 0 Å². The van der Waals surface area contributed by atoms with Crippen LogP contribution in [0.15, 0.2) is 59.0 Å². The van der Waals surface area contributed by atoms with E-state index in [1.54, 1.807) is 6.07 Å². The fourth-order valence-electron chi connectivity index (χ4n) is 3.36. The van der Waals surface area contributed by atoms with E-state index in [4.69, 9.17) is 16.6 Å². The second-order valence-electron chi connectivity index (χ2n) is 7.37. The van der Waals surface area contributed by atoms with Crippen LogP contribution in [0.5, 0.6) is 0 Å². The van der Waals surface area contributed by atoms with Gasteiger partial charge in [0.05, 0.1) is 5.56 Å². The van der Waals surface area contributed by atoms with Gasteiger partial charge in [0.2, 0.25) is 5.89 Å². The number of carbonyl (C=O) groups is 1. The summed E-state index contributed by atoms with van der Waals surface area (Å²) >= 11 is 7.50. The topological polar surface area (TPSA) is 67.2 Å². The summed E-state index contributed by atoms with van der Waals surface area (Å²) in [6.45, 7) is 6.03. The highest BCUT2D eigenvalue weighted by Gasteiger charge is 2.14. The molecule has 0 aliphatic rings. The van der Waals surface area contributed by atoms with Crippen molar-refractivity contribution in [3.05, 3.63) is 80.4 Å². The first kappa shape index (κ1) is 21.5. The van der Waals surface area contributed by atoms with Crippen LogP contribution in [0, 0.1) is 24.3 Å². The summed E-state index contributed by atoms with van der Waals surface area (Å²) in [5, 5.41) is 6.10. The van der Waals surface area contributed by atoms with Gasteiger partial charge in [0.1, 0.15) is 5.52 Å². The van der Waals surface area contributed by atoms with Crippen molar-refractivity contribution in [1.82, 2.24) is 10.3 Å². The highest BCUT2D eigenvalue weighted by Crippen LogP contribution is 2.30. The molecule has 7 heteroatoms. The quantitative estimate of drug-likeness (QED) is 0.241. The van der Waals surface area contributed by atoms with Crippen LogP contribution in [0.25, 0.3) is 22.6 Å². The molecule has 156 valence electrons. The summed E-state index contributed by atoms with van der Waals surface area (Å²) in [7, 11) is 0. The SMILES string of the molecule is Cc1cc(C)c2oc(-c3ccc(C)c(NC(=S)NC(=O)c4ccccc4I)c3)nc2c1. The average Bonchev–Trinajstić information content (AvgIpc) is 3.14. The predicted octanol–water partition coefficient (Wildman–Crippen LogP) is 6.15. The first-order valence-electron chi connectivity index (χ1n) is 9.67. The molecule has 0 aliphatic heterocycles. The Bertz CT molecular complexity index is 1330. The van der Waals surface area contributed by atoms with Crippen LogP contribution in [0.1, 0.15) is 27.0 Å². The van der Waals surface area contributed by atoms with Crippen molar-refractivity contribution >= 4 is 62.6 Å². The van der Waals surface area contributed by atoms with E-state index in [0.29, 0.717) is 11.5 Å². The van der Waals surface area contributed by atoms with Gasteiger partial charge in [-0.1, -0.05) is 24.3 Å². The summed E-state index contributed by atoms with van der Waals surface area (Å²) in [5.74, 6) is 0.293. The first-order valence-corrected chi connectivity index (χ1v) is 11.2. The number of aromatic nitrogens is 1. The summed E-state index contributed by atoms with van der Waals surface area (Å²) in [6.07, 6.45) is 0. The summed E-state index contributed by atoms with van der Waals surface area (Å²) in [5.41, 5.74) is 6.99. The Labute approximate surface area is 199 Å². The molecular weight excluding hydrogens is 521 g/mol. The van der Waals surface area contributed by atoms with Crippen molar-refractivity contribution in [2.24, 2.45) is 0 Å². The van der Waals surface area contributed by atoms with Gasteiger partial charge in [-0.05, 0) is 103 Å². The third-order valence-corrected chi connectivity index (χ3v) is 6.04. The van der Waals surface area contributed by atoms with Gasteiger partial charge in [-0.25, -0.2) is 4.98 Å². The van der Waals surface area contributed by atoms with Gasteiger partial charge in [0, 0.05) is 14.8 Å². The predicted molar refractivity (Wildman–Crippen MR) is 137 cm³/mol. The molecule has 1 heterocycles. The normalized spacial score (nSPS) is 10.8. The number of benzene rings is 3. The molecule has 3 aromatic carbocycles. The van der Waals surface area contributed by atoms with E-state index in [1.807, 2.05) is 63.2 Å². The lowest BCUT2D eigenvalue weighted by atomic mass is 10.1. The number of amides is 1. The zero-order valence-corrected chi connectivity index (χ0v) is 20.2. The first-order chi connectivity index (χ1) is 14.8. The smallest absolute Gasteiger partial charge is 0.258 e. The van der Waals surface area contributed by atoms with Gasteiger partial charge >= 0.3 is 0 Å². The number of hydrogen-bond donors (Lipinski definition) is 2. The number of rotatable bonds is 3. The fourth-order valence-corrected chi connectivity index (χ4v) is 4.19. The number of nitrogens with zero attached hydrogens (tertiary/aromatic N) is 1. The molecule has 0 bridgehead atoms. The van der Waals surface area contributed by atoms with Gasteiger partial charge in [-0.3, -0.25) is 10.1 Å². The summed E-state index contributed by atoms with van der Waals surface area (Å²) in [4.78, 5) is 17.2. The number of aryl methyl sites for hydroxylation is 3. The van der Waals surface area contributed by atoms with E-state index in [-0.39, 0.29) is 11.0 Å². The van der Waals surface area contributed by atoms with E-state index < -0.39 is 0 Å². The third kappa shape index (κ3) is 4.62. The van der Waals surface area contributed by atoms with Crippen molar-refractivity contribution in [3.63, 3.8) is 0 Å². The minimum absolute atomic E-state index is 0.230. The van der Waals surface area contributed by atoms with E-state index in [2.05, 4.69) is 44.3 Å². The van der Waals surface area contributed by atoms with Crippen molar-refractivity contribution in [1.29, 1.82) is 0 Å². The Hall–Kier alpha value is -2.78. The van der Waals surface area contributed by atoms with E-state index in [9.17, 15) is 4.79 Å². The van der Waals surface area contributed by atoms with Crippen LogP contribution < -0.4 is 10.6 Å². The third-order valence-electron chi connectivity index (χ3n) is 4.90. The molecule has 5 nitrogen and oxygen atoms in total. The molecule has 0 radical (unpaired) electrons. The maximum absolute atomic E-state index is 12.5. The number of hydrogen-bond acceptors (Lipinski definition) is 4. The van der Waals surface area contributed by atoms with E-state index in [0.717, 1.165) is 42.6 Å². The maximum atomic E-state index is 12.5. The number of nitrogens with one attached hydrogen (secondary N) is 2. The molecule has 1 aromatic heterocycles. The molecule has 4 rings (SSSR count). The molecule has 0 spiro atoms. The van der Waals surface area contributed by atoms with Gasteiger partial charge < -0.3 is 9.73 Å². The van der Waals surface area contributed by atoms with Crippen LogP contribution in [0.2, 0.25) is 0 Å². The lowest BCUT2D eigenvalue weighted by Crippen LogP contribution is -2.34. The number of halogens is 1. The number of fused-ring (bicyclic) bond motifs is 1. The molecule has 0 saturated carbocycles. The minimum Gasteiger partial charge on any atom is -0.436 e. The number of anilines is 1. The van der Waals surface area contributed by atoms with Gasteiger partial charge in [0.25, 0.3) is 5.91 Å². The molecule has 0 aliphatic carbocycles. The second-order valence-corrected chi connectivity index (χ2v) is 8.94. The molecule has 2 N–H and O–H groups in total. The zero-order valence-electron chi connectivity index (χ0n) is 17.2. The number of thiocarbonyl (C=S) groups is 1. The largest absolute Gasteiger partial charge is 0.436 e. The van der Waals surface area contributed by atoms with Crippen LogP contribution >= 0.6 is 34.8 Å². The van der Waals surface area contributed by atoms with Crippen LogP contribution in [0.4, 0.5) is 5.69 Å². The number of carbonyl (C=O) groups excluding carboxylic acids is 1. The molecular formula is C24H20IN3O2S. The second kappa shape index (κ2) is 8.76. The molecule has 0 unspecified atom stereocenters. The molecule has 31 heavy (non-hydrogen) atoms. The molecule has 1 amide bonds. The molecule has 0 saturated heterocycles. The van der Waals surface area contributed by atoms with Gasteiger partial charge in [0.15, 0.2) is 10.7 Å². The Morgan fingerprint density at radius 2 is 1.81 bits per heavy atom. The molecule has 4 aromatic rings. The minimum atomic E-state index is -0.249. The van der Waals surface area contributed by atoms with Crippen molar-refractivity contribution < 1.29 is 9.21 Å². The van der Waals surface area contributed by atoms with Crippen molar-refractivity contribution in [3.8, 4) is 11.5 Å². The zero-order chi connectivity index (χ0) is 22.1. The summed E-state index contributed by atoms with van der Waals surface area (Å²) < 4.78 is 6.89. The van der Waals surface area contributed by atoms with Gasteiger partial charge in [-0.2, -0.15) is 0 Å². The Morgan fingerprint density at radius 1 is 1.03 bits per heavy atom. The van der Waals surface area contributed by atoms with Gasteiger partial charge in [-0.15, -0.1) is 0 Å². The number of oxazole rings is 1. The van der Waals surface area contributed by atoms with Crippen LogP contribution in [0.3, 0.4) is 0 Å². The lowest BCUT2D eigenvalue weighted by Gasteiger charge is -2.13. The standard InChI is InChI=1S/C24H20IN3O2S/c1-13-10-15(3)21-20(11-13)26-23(30-21)16-9-8-14(2)19(12-16)27-24(31)28-22(29)17-6-4-5-7-18(17)25/h4-12H,1-3H3,(H2,27,28,29,31). The molecule has 0 atom stereocenters. The fraction of sp³-hybridized carbons (Fsp3) is 0.125. The van der Waals surface area contributed by atoms with Crippen LogP contribution in [-0.2, 0) is 0 Å². The highest BCUT2D eigenvalue weighted by atomic mass is 127.